The normalized spacial score (nSPS) is 12.8. The van der Waals surface area contributed by atoms with Crippen molar-refractivity contribution in [3.63, 3.8) is 0 Å². The second-order valence-corrected chi connectivity index (χ2v) is 5.23. The van der Waals surface area contributed by atoms with Crippen LogP contribution in [0.3, 0.4) is 0 Å². The Morgan fingerprint density at radius 3 is 2.67 bits per heavy atom. The molecule has 3 heteroatoms. The van der Waals surface area contributed by atoms with Crippen molar-refractivity contribution in [1.29, 1.82) is 0 Å². The predicted molar refractivity (Wildman–Crippen MR) is 84.5 cm³/mol. The summed E-state index contributed by atoms with van der Waals surface area (Å²) in [5.41, 5.74) is 4.04. The lowest BCUT2D eigenvalue weighted by molar-refractivity contribution is 0.562. The van der Waals surface area contributed by atoms with Crippen LogP contribution in [-0.2, 0) is 0 Å². The maximum absolute atomic E-state index is 5.84. The van der Waals surface area contributed by atoms with E-state index in [4.69, 9.17) is 8.83 Å². The van der Waals surface area contributed by atoms with Gasteiger partial charge in [-0.2, -0.15) is 0 Å². The lowest BCUT2D eigenvalue weighted by Gasteiger charge is -2.13. The average molecular weight is 277 g/mol. The van der Waals surface area contributed by atoms with E-state index in [1.807, 2.05) is 36.4 Å². The number of anilines is 1. The molecule has 1 atom stereocenters. The Morgan fingerprint density at radius 2 is 1.81 bits per heavy atom. The first-order valence-corrected chi connectivity index (χ1v) is 7.01. The number of hydrogen-bond donors (Lipinski definition) is 1. The van der Waals surface area contributed by atoms with E-state index in [9.17, 15) is 0 Å². The second kappa shape index (κ2) is 4.70. The van der Waals surface area contributed by atoms with Crippen molar-refractivity contribution >= 4 is 27.6 Å². The molecular weight excluding hydrogens is 262 g/mol. The van der Waals surface area contributed by atoms with Gasteiger partial charge < -0.3 is 14.2 Å². The number of rotatable bonds is 3. The van der Waals surface area contributed by atoms with Crippen molar-refractivity contribution in [3.8, 4) is 0 Å². The first-order chi connectivity index (χ1) is 10.3. The lowest BCUT2D eigenvalue weighted by Crippen LogP contribution is -2.05. The molecular formula is C18H15NO2. The molecule has 2 aromatic heterocycles. The van der Waals surface area contributed by atoms with E-state index in [-0.39, 0.29) is 6.04 Å². The third kappa shape index (κ3) is 2.07. The van der Waals surface area contributed by atoms with Crippen LogP contribution in [0.1, 0.15) is 18.5 Å². The fourth-order valence-electron chi connectivity index (χ4n) is 2.67. The van der Waals surface area contributed by atoms with Gasteiger partial charge in [0.15, 0.2) is 0 Å². The first kappa shape index (κ1) is 12.1. The highest BCUT2D eigenvalue weighted by atomic mass is 16.3. The Balaban J connectivity index is 1.74. The number of furan rings is 2. The minimum Gasteiger partial charge on any atom is -0.472 e. The molecule has 3 nitrogen and oxygen atoms in total. The maximum atomic E-state index is 5.84. The fraction of sp³-hybridized carbons (Fsp3) is 0.111. The van der Waals surface area contributed by atoms with Crippen LogP contribution in [-0.4, -0.2) is 0 Å². The van der Waals surface area contributed by atoms with E-state index in [1.54, 1.807) is 12.5 Å². The number of para-hydroxylation sites is 1. The molecule has 21 heavy (non-hydrogen) atoms. The summed E-state index contributed by atoms with van der Waals surface area (Å²) in [6.07, 6.45) is 3.46. The molecule has 0 saturated carbocycles. The number of hydrogen-bond acceptors (Lipinski definition) is 3. The van der Waals surface area contributed by atoms with Crippen molar-refractivity contribution in [1.82, 2.24) is 0 Å². The van der Waals surface area contributed by atoms with Crippen LogP contribution in [0.5, 0.6) is 0 Å². The van der Waals surface area contributed by atoms with Gasteiger partial charge >= 0.3 is 0 Å². The molecule has 0 bridgehead atoms. The summed E-state index contributed by atoms with van der Waals surface area (Å²) in [5, 5.41) is 5.77. The Kier molecular flexibility index (Phi) is 2.71. The molecule has 0 aliphatic carbocycles. The zero-order chi connectivity index (χ0) is 14.2. The largest absolute Gasteiger partial charge is 0.472 e. The Morgan fingerprint density at radius 1 is 0.952 bits per heavy atom. The van der Waals surface area contributed by atoms with Crippen LogP contribution >= 0.6 is 0 Å². The number of benzene rings is 2. The van der Waals surface area contributed by atoms with E-state index < -0.39 is 0 Å². The number of nitrogens with one attached hydrogen (secondary N) is 1. The molecule has 0 spiro atoms. The molecule has 1 unspecified atom stereocenters. The Labute approximate surface area is 122 Å². The van der Waals surface area contributed by atoms with Gasteiger partial charge in [-0.05, 0) is 37.3 Å². The molecule has 2 aromatic carbocycles. The molecule has 0 amide bonds. The monoisotopic (exact) mass is 277 g/mol. The summed E-state index contributed by atoms with van der Waals surface area (Å²) >= 11 is 0. The average Bonchev–Trinajstić information content (AvgIpc) is 3.14. The van der Waals surface area contributed by atoms with Gasteiger partial charge in [-0.25, -0.2) is 0 Å². The predicted octanol–water partition coefficient (Wildman–Crippen LogP) is 5.35. The summed E-state index contributed by atoms with van der Waals surface area (Å²) in [7, 11) is 0. The summed E-state index contributed by atoms with van der Waals surface area (Å²) in [6, 6.07) is 16.5. The fourth-order valence-corrected chi connectivity index (χ4v) is 2.67. The SMILES string of the molecule is CC(Nc1ccc2oc3ccccc3c2c1)c1ccoc1. The van der Waals surface area contributed by atoms with Crippen molar-refractivity contribution < 1.29 is 8.83 Å². The van der Waals surface area contributed by atoms with Crippen LogP contribution in [0.25, 0.3) is 21.9 Å². The highest BCUT2D eigenvalue weighted by Crippen LogP contribution is 2.31. The van der Waals surface area contributed by atoms with Crippen molar-refractivity contribution in [2.75, 3.05) is 5.32 Å². The van der Waals surface area contributed by atoms with Crippen LogP contribution in [0.15, 0.2) is 69.9 Å². The lowest BCUT2D eigenvalue weighted by atomic mass is 10.1. The van der Waals surface area contributed by atoms with E-state index in [0.29, 0.717) is 0 Å². The summed E-state index contributed by atoms with van der Waals surface area (Å²) in [5.74, 6) is 0. The second-order valence-electron chi connectivity index (χ2n) is 5.23. The minimum atomic E-state index is 0.194. The maximum Gasteiger partial charge on any atom is 0.135 e. The molecule has 1 N–H and O–H groups in total. The van der Waals surface area contributed by atoms with Gasteiger partial charge in [0.1, 0.15) is 11.2 Å². The zero-order valence-electron chi connectivity index (χ0n) is 11.7. The molecule has 4 rings (SSSR count). The highest BCUT2D eigenvalue weighted by Gasteiger charge is 2.10. The smallest absolute Gasteiger partial charge is 0.135 e. The summed E-state index contributed by atoms with van der Waals surface area (Å²) < 4.78 is 11.0. The van der Waals surface area contributed by atoms with Crippen molar-refractivity contribution in [2.45, 2.75) is 13.0 Å². The molecule has 0 aliphatic rings. The van der Waals surface area contributed by atoms with Crippen LogP contribution < -0.4 is 5.32 Å². The van der Waals surface area contributed by atoms with Crippen molar-refractivity contribution in [2.24, 2.45) is 0 Å². The van der Waals surface area contributed by atoms with Gasteiger partial charge in [0.05, 0.1) is 18.6 Å². The minimum absolute atomic E-state index is 0.194. The quantitative estimate of drug-likeness (QED) is 0.548. The molecule has 0 aliphatic heterocycles. The van der Waals surface area contributed by atoms with Crippen molar-refractivity contribution in [3.05, 3.63) is 66.6 Å². The molecule has 2 heterocycles. The highest BCUT2D eigenvalue weighted by molar-refractivity contribution is 6.05. The van der Waals surface area contributed by atoms with Crippen LogP contribution in [0.2, 0.25) is 0 Å². The molecule has 0 radical (unpaired) electrons. The molecule has 0 saturated heterocycles. The molecule has 0 fully saturated rings. The van der Waals surface area contributed by atoms with Gasteiger partial charge in [0, 0.05) is 22.0 Å². The topological polar surface area (TPSA) is 38.3 Å². The summed E-state index contributed by atoms with van der Waals surface area (Å²) in [6.45, 7) is 2.11. The zero-order valence-corrected chi connectivity index (χ0v) is 11.7. The van der Waals surface area contributed by atoms with E-state index >= 15 is 0 Å². The Hall–Kier alpha value is -2.68. The molecule has 104 valence electrons. The van der Waals surface area contributed by atoms with E-state index in [2.05, 4.69) is 24.4 Å². The third-order valence-electron chi connectivity index (χ3n) is 3.80. The van der Waals surface area contributed by atoms with Gasteiger partial charge in [0.25, 0.3) is 0 Å². The van der Waals surface area contributed by atoms with Gasteiger partial charge in [-0.3, -0.25) is 0 Å². The summed E-state index contributed by atoms with van der Waals surface area (Å²) in [4.78, 5) is 0. The van der Waals surface area contributed by atoms with Crippen LogP contribution in [0.4, 0.5) is 5.69 Å². The molecule has 4 aromatic rings. The Bertz CT molecular complexity index is 890. The van der Waals surface area contributed by atoms with Gasteiger partial charge in [-0.15, -0.1) is 0 Å². The third-order valence-corrected chi connectivity index (χ3v) is 3.80. The standard InChI is InChI=1S/C18H15NO2/c1-12(13-8-9-20-11-13)19-14-6-7-18-16(10-14)15-4-2-3-5-17(15)21-18/h2-12,19H,1H3. The van der Waals surface area contributed by atoms with Gasteiger partial charge in [0.2, 0.25) is 0 Å². The van der Waals surface area contributed by atoms with Crippen LogP contribution in [0, 0.1) is 0 Å². The van der Waals surface area contributed by atoms with Gasteiger partial charge in [-0.1, -0.05) is 18.2 Å². The first-order valence-electron chi connectivity index (χ1n) is 7.01. The van der Waals surface area contributed by atoms with E-state index in [1.165, 1.54) is 0 Å². The number of fused-ring (bicyclic) bond motifs is 3. The van der Waals surface area contributed by atoms with E-state index in [0.717, 1.165) is 33.2 Å².